The number of nitrogens with one attached hydrogen (secondary N) is 1. The van der Waals surface area contributed by atoms with E-state index in [-0.39, 0.29) is 5.56 Å². The second-order valence-electron chi connectivity index (χ2n) is 9.86. The molecule has 6 heterocycles. The van der Waals surface area contributed by atoms with Crippen molar-refractivity contribution in [1.29, 1.82) is 0 Å². The van der Waals surface area contributed by atoms with Crippen LogP contribution in [0.1, 0.15) is 37.3 Å². The Morgan fingerprint density at radius 1 is 1.05 bits per heavy atom. The summed E-state index contributed by atoms with van der Waals surface area (Å²) in [7, 11) is 0. The molecule has 4 aromatic heterocycles. The van der Waals surface area contributed by atoms with Gasteiger partial charge in [-0.15, -0.1) is 10.2 Å². The van der Waals surface area contributed by atoms with E-state index in [0.717, 1.165) is 56.7 Å². The molecule has 0 saturated carbocycles. The van der Waals surface area contributed by atoms with Crippen molar-refractivity contribution in [1.82, 2.24) is 29.5 Å². The van der Waals surface area contributed by atoms with Gasteiger partial charge in [0.05, 0.1) is 22.2 Å². The largest absolute Gasteiger partial charge is 0.421 e. The first-order chi connectivity index (χ1) is 18.1. The zero-order valence-electron chi connectivity index (χ0n) is 20.5. The summed E-state index contributed by atoms with van der Waals surface area (Å²) < 4.78 is 20.6. The number of fused-ring (bicyclic) bond motifs is 4. The average Bonchev–Trinajstić information content (AvgIpc) is 3.68. The number of hydrogen-bond acceptors (Lipinski definition) is 8. The maximum Gasteiger partial charge on any atom is 0.417 e. The van der Waals surface area contributed by atoms with Gasteiger partial charge in [-0.3, -0.25) is 14.5 Å². The average molecular weight is 503 g/mol. The number of oxazole rings is 1. The minimum atomic E-state index is -0.528. The number of benzene rings is 1. The van der Waals surface area contributed by atoms with Crippen molar-refractivity contribution >= 4 is 22.1 Å². The van der Waals surface area contributed by atoms with Gasteiger partial charge in [0, 0.05) is 38.8 Å². The van der Waals surface area contributed by atoms with Gasteiger partial charge < -0.3 is 13.6 Å². The van der Waals surface area contributed by atoms with E-state index in [0.29, 0.717) is 63.9 Å². The lowest BCUT2D eigenvalue weighted by Crippen LogP contribution is -2.17. The Hall–Kier alpha value is -3.99. The molecule has 0 spiro atoms. The van der Waals surface area contributed by atoms with E-state index in [1.807, 2.05) is 10.7 Å². The third kappa shape index (κ3) is 3.64. The maximum atomic E-state index is 13.7. The number of ether oxygens (including phenoxy) is 1. The van der Waals surface area contributed by atoms with Crippen LogP contribution >= 0.6 is 0 Å². The van der Waals surface area contributed by atoms with Gasteiger partial charge in [0.25, 0.3) is 5.56 Å². The Morgan fingerprint density at radius 3 is 2.70 bits per heavy atom. The standard InChI is InChI=1S/C26H26N6O5/c1-14-29-30-24(36-14)21-18(5-3-15-7-11-35-12-8-15)27-23-22(25(33)32-10-2-9-31(23)32)20(21)16-4-6-17-19(13-16)37-26(34)28-17/h4,6,13,15H,2-3,5,7-12H2,1H3,(H,28,34). The van der Waals surface area contributed by atoms with Crippen LogP contribution in [0.15, 0.2) is 36.6 Å². The third-order valence-corrected chi connectivity index (χ3v) is 7.56. The highest BCUT2D eigenvalue weighted by Gasteiger charge is 2.29. The number of nitrogens with zero attached hydrogens (tertiary/aromatic N) is 5. The molecule has 1 saturated heterocycles. The molecule has 0 aliphatic carbocycles. The SMILES string of the molecule is Cc1nnc(-c2c(CCC3CCOCC3)nc3c(c2-c2ccc4[nH]c(=O)oc4c2)c(=O)n2n3CCC2)o1. The van der Waals surface area contributed by atoms with Crippen molar-refractivity contribution in [3.05, 3.63) is 50.7 Å². The van der Waals surface area contributed by atoms with Crippen LogP contribution in [-0.4, -0.2) is 42.7 Å². The predicted molar refractivity (Wildman–Crippen MR) is 134 cm³/mol. The lowest BCUT2D eigenvalue weighted by Gasteiger charge is -2.22. The molecule has 7 rings (SSSR count). The molecule has 0 radical (unpaired) electrons. The fourth-order valence-electron chi connectivity index (χ4n) is 5.76. The number of rotatable bonds is 5. The molecule has 2 aliphatic heterocycles. The molecule has 1 N–H and O–H groups in total. The molecular weight excluding hydrogens is 476 g/mol. The molecule has 1 fully saturated rings. The lowest BCUT2D eigenvalue weighted by molar-refractivity contribution is 0.0639. The zero-order chi connectivity index (χ0) is 25.1. The molecule has 190 valence electrons. The second kappa shape index (κ2) is 8.55. The van der Waals surface area contributed by atoms with Crippen molar-refractivity contribution in [2.45, 2.75) is 52.1 Å². The van der Waals surface area contributed by atoms with Crippen LogP contribution in [0, 0.1) is 12.8 Å². The van der Waals surface area contributed by atoms with Crippen molar-refractivity contribution < 1.29 is 13.6 Å². The van der Waals surface area contributed by atoms with E-state index in [1.165, 1.54) is 0 Å². The number of aromatic amines is 1. The summed E-state index contributed by atoms with van der Waals surface area (Å²) in [4.78, 5) is 33.3. The molecule has 0 amide bonds. The summed E-state index contributed by atoms with van der Waals surface area (Å²) in [6.45, 7) is 4.68. The van der Waals surface area contributed by atoms with Crippen molar-refractivity contribution in [2.75, 3.05) is 13.2 Å². The number of aryl methyl sites for hydroxylation is 3. The summed E-state index contributed by atoms with van der Waals surface area (Å²) in [6, 6.07) is 5.45. The summed E-state index contributed by atoms with van der Waals surface area (Å²) in [5, 5.41) is 8.94. The first kappa shape index (κ1) is 22.2. The van der Waals surface area contributed by atoms with Gasteiger partial charge in [0.15, 0.2) is 11.2 Å². The Balaban J connectivity index is 1.52. The van der Waals surface area contributed by atoms with Crippen LogP contribution in [0.25, 0.3) is 44.7 Å². The summed E-state index contributed by atoms with van der Waals surface area (Å²) in [6.07, 6.45) is 4.58. The fraction of sp³-hybridized carbons (Fsp3) is 0.423. The highest BCUT2D eigenvalue weighted by atomic mass is 16.5. The minimum Gasteiger partial charge on any atom is -0.421 e. The highest BCUT2D eigenvalue weighted by molar-refractivity contribution is 6.02. The first-order valence-electron chi connectivity index (χ1n) is 12.7. The van der Waals surface area contributed by atoms with Crippen LogP contribution < -0.4 is 11.3 Å². The van der Waals surface area contributed by atoms with Crippen LogP contribution in [0.3, 0.4) is 0 Å². The highest BCUT2D eigenvalue weighted by Crippen LogP contribution is 2.40. The molecule has 0 unspecified atom stereocenters. The number of aromatic nitrogens is 6. The van der Waals surface area contributed by atoms with Crippen molar-refractivity contribution in [3.8, 4) is 22.6 Å². The van der Waals surface area contributed by atoms with Crippen LogP contribution in [0.2, 0.25) is 0 Å². The van der Waals surface area contributed by atoms with E-state index in [9.17, 15) is 9.59 Å². The van der Waals surface area contributed by atoms with Crippen LogP contribution in [-0.2, 0) is 24.2 Å². The second-order valence-corrected chi connectivity index (χ2v) is 9.86. The number of hydrogen-bond donors (Lipinski definition) is 1. The lowest BCUT2D eigenvalue weighted by atomic mass is 9.90. The maximum absolute atomic E-state index is 13.7. The monoisotopic (exact) mass is 502 g/mol. The van der Waals surface area contributed by atoms with E-state index >= 15 is 0 Å². The van der Waals surface area contributed by atoms with Gasteiger partial charge in [-0.1, -0.05) is 6.07 Å². The first-order valence-corrected chi connectivity index (χ1v) is 12.7. The van der Waals surface area contributed by atoms with Crippen molar-refractivity contribution in [2.24, 2.45) is 5.92 Å². The van der Waals surface area contributed by atoms with E-state index in [2.05, 4.69) is 15.2 Å². The Morgan fingerprint density at radius 2 is 1.89 bits per heavy atom. The van der Waals surface area contributed by atoms with Crippen LogP contribution in [0.5, 0.6) is 0 Å². The van der Waals surface area contributed by atoms with Gasteiger partial charge in [0.1, 0.15) is 0 Å². The Labute approximate surface area is 210 Å². The predicted octanol–water partition coefficient (Wildman–Crippen LogP) is 3.42. The van der Waals surface area contributed by atoms with E-state index < -0.39 is 5.76 Å². The molecule has 2 aliphatic rings. The molecule has 11 heteroatoms. The van der Waals surface area contributed by atoms with Crippen molar-refractivity contribution in [3.63, 3.8) is 0 Å². The van der Waals surface area contributed by atoms with Gasteiger partial charge in [-0.05, 0) is 55.7 Å². The molecule has 5 aromatic rings. The summed E-state index contributed by atoms with van der Waals surface area (Å²) in [5.74, 6) is 0.773. The van der Waals surface area contributed by atoms with Gasteiger partial charge in [0.2, 0.25) is 11.8 Å². The zero-order valence-corrected chi connectivity index (χ0v) is 20.5. The van der Waals surface area contributed by atoms with E-state index in [1.54, 1.807) is 23.7 Å². The number of H-pyrrole nitrogens is 1. The Bertz CT molecular complexity index is 1760. The fourth-order valence-corrected chi connectivity index (χ4v) is 5.76. The smallest absolute Gasteiger partial charge is 0.417 e. The van der Waals surface area contributed by atoms with Gasteiger partial charge >= 0.3 is 5.76 Å². The number of pyridine rings is 1. The van der Waals surface area contributed by atoms with E-state index in [4.69, 9.17) is 18.6 Å². The summed E-state index contributed by atoms with van der Waals surface area (Å²) in [5.41, 5.74) is 4.46. The minimum absolute atomic E-state index is 0.0981. The summed E-state index contributed by atoms with van der Waals surface area (Å²) >= 11 is 0. The molecule has 0 atom stereocenters. The quantitative estimate of drug-likeness (QED) is 0.386. The molecule has 1 aromatic carbocycles. The normalized spacial score (nSPS) is 16.2. The molecule has 0 bridgehead atoms. The third-order valence-electron chi connectivity index (χ3n) is 7.56. The molecule has 11 nitrogen and oxygen atoms in total. The molecule has 37 heavy (non-hydrogen) atoms. The van der Waals surface area contributed by atoms with Gasteiger partial charge in [-0.2, -0.15) is 0 Å². The Kier molecular flexibility index (Phi) is 5.13. The molecular formula is C26H26N6O5. The van der Waals surface area contributed by atoms with Gasteiger partial charge in [-0.25, -0.2) is 14.5 Å². The topological polar surface area (TPSA) is 134 Å². The van der Waals surface area contributed by atoms with Crippen LogP contribution in [0.4, 0.5) is 0 Å².